The maximum absolute atomic E-state index is 4.37. The molecule has 128 valence electrons. The minimum absolute atomic E-state index is 0.663. The van der Waals surface area contributed by atoms with Crippen molar-refractivity contribution in [2.24, 2.45) is 11.8 Å². The van der Waals surface area contributed by atoms with Gasteiger partial charge in [0, 0.05) is 45.0 Å². The Morgan fingerprint density at radius 2 is 2.00 bits per heavy atom. The van der Waals surface area contributed by atoms with Crippen LogP contribution >= 0.6 is 0 Å². The Hall–Kier alpha value is -1.65. The highest BCUT2D eigenvalue weighted by molar-refractivity contribution is 5.15. The van der Waals surface area contributed by atoms with Crippen molar-refractivity contribution in [2.45, 2.75) is 45.4 Å². The van der Waals surface area contributed by atoms with E-state index in [1.807, 2.05) is 6.20 Å². The van der Waals surface area contributed by atoms with Crippen molar-refractivity contribution in [3.8, 4) is 0 Å². The van der Waals surface area contributed by atoms with Crippen molar-refractivity contribution >= 4 is 0 Å². The van der Waals surface area contributed by atoms with E-state index in [0.717, 1.165) is 31.5 Å². The van der Waals surface area contributed by atoms with Crippen LogP contribution in [0.4, 0.5) is 0 Å². The zero-order valence-electron chi connectivity index (χ0n) is 14.6. The second-order valence-corrected chi connectivity index (χ2v) is 7.31. The van der Waals surface area contributed by atoms with Gasteiger partial charge in [0.05, 0.1) is 5.69 Å². The molecule has 0 unspecified atom stereocenters. The summed E-state index contributed by atoms with van der Waals surface area (Å²) in [7, 11) is 0. The molecule has 1 N–H and O–H groups in total. The number of hydrogen-bond donors (Lipinski definition) is 1. The molecular weight excluding hydrogens is 296 g/mol. The lowest BCUT2D eigenvalue weighted by molar-refractivity contribution is 0.288. The fourth-order valence-electron chi connectivity index (χ4n) is 4.61. The van der Waals surface area contributed by atoms with E-state index < -0.39 is 0 Å². The SMILES string of the molecule is CCn1nccc1CN[C@H]1CC[C@@H]2CN(Cc3ccccc3)C[C@@H]21. The highest BCUT2D eigenvalue weighted by Crippen LogP contribution is 2.38. The number of likely N-dealkylation sites (tertiary alicyclic amines) is 1. The third-order valence-electron chi connectivity index (χ3n) is 5.83. The second kappa shape index (κ2) is 7.08. The number of nitrogens with one attached hydrogen (secondary N) is 1. The van der Waals surface area contributed by atoms with Crippen LogP contribution in [-0.2, 0) is 19.6 Å². The summed E-state index contributed by atoms with van der Waals surface area (Å²) in [6.07, 6.45) is 4.62. The summed E-state index contributed by atoms with van der Waals surface area (Å²) in [5.74, 6) is 1.69. The first-order valence-electron chi connectivity index (χ1n) is 9.34. The predicted molar refractivity (Wildman–Crippen MR) is 96.5 cm³/mol. The van der Waals surface area contributed by atoms with Gasteiger partial charge in [-0.3, -0.25) is 9.58 Å². The van der Waals surface area contributed by atoms with Crippen LogP contribution in [0.1, 0.15) is 31.0 Å². The van der Waals surface area contributed by atoms with Crippen molar-refractivity contribution in [3.05, 3.63) is 53.9 Å². The number of aryl methyl sites for hydroxylation is 1. The Bertz CT molecular complexity index is 651. The molecule has 2 aliphatic rings. The van der Waals surface area contributed by atoms with Gasteiger partial charge in [-0.1, -0.05) is 30.3 Å². The van der Waals surface area contributed by atoms with Crippen LogP contribution in [0.25, 0.3) is 0 Å². The quantitative estimate of drug-likeness (QED) is 0.887. The van der Waals surface area contributed by atoms with E-state index in [1.165, 1.54) is 37.2 Å². The average molecular weight is 324 g/mol. The summed E-state index contributed by atoms with van der Waals surface area (Å²) >= 11 is 0. The van der Waals surface area contributed by atoms with Gasteiger partial charge in [0.1, 0.15) is 0 Å². The molecule has 1 aromatic heterocycles. The molecule has 3 atom stereocenters. The van der Waals surface area contributed by atoms with Crippen LogP contribution in [0.3, 0.4) is 0 Å². The summed E-state index contributed by atoms with van der Waals surface area (Å²) in [6, 6.07) is 13.7. The van der Waals surface area contributed by atoms with E-state index in [1.54, 1.807) is 0 Å². The van der Waals surface area contributed by atoms with E-state index in [0.29, 0.717) is 6.04 Å². The molecule has 2 heterocycles. The summed E-state index contributed by atoms with van der Waals surface area (Å²) in [6.45, 7) is 7.66. The minimum atomic E-state index is 0.663. The molecule has 2 fully saturated rings. The van der Waals surface area contributed by atoms with Gasteiger partial charge in [-0.2, -0.15) is 5.10 Å². The fraction of sp³-hybridized carbons (Fsp3) is 0.550. The van der Waals surface area contributed by atoms with Crippen LogP contribution in [0, 0.1) is 11.8 Å². The maximum Gasteiger partial charge on any atom is 0.0522 e. The van der Waals surface area contributed by atoms with E-state index in [2.05, 4.69) is 63.3 Å². The third-order valence-corrected chi connectivity index (χ3v) is 5.83. The lowest BCUT2D eigenvalue weighted by Gasteiger charge is -2.22. The molecule has 24 heavy (non-hydrogen) atoms. The molecule has 0 bridgehead atoms. The highest BCUT2D eigenvalue weighted by Gasteiger charge is 2.42. The number of aromatic nitrogens is 2. The van der Waals surface area contributed by atoms with Crippen molar-refractivity contribution in [1.29, 1.82) is 0 Å². The Balaban J connectivity index is 1.33. The summed E-state index contributed by atoms with van der Waals surface area (Å²) < 4.78 is 2.09. The largest absolute Gasteiger partial charge is 0.308 e. The molecule has 0 amide bonds. The monoisotopic (exact) mass is 324 g/mol. The molecule has 4 nitrogen and oxygen atoms in total. The molecule has 4 heteroatoms. The lowest BCUT2D eigenvalue weighted by atomic mass is 9.98. The van der Waals surface area contributed by atoms with Crippen LogP contribution in [0.15, 0.2) is 42.6 Å². The Labute approximate surface area is 144 Å². The molecule has 1 saturated heterocycles. The Morgan fingerprint density at radius 3 is 2.83 bits per heavy atom. The van der Waals surface area contributed by atoms with Crippen LogP contribution in [0.2, 0.25) is 0 Å². The van der Waals surface area contributed by atoms with Crippen molar-refractivity contribution < 1.29 is 0 Å². The summed E-state index contributed by atoms with van der Waals surface area (Å²) in [4.78, 5) is 2.65. The molecule has 1 aromatic carbocycles. The minimum Gasteiger partial charge on any atom is -0.308 e. The number of hydrogen-bond acceptors (Lipinski definition) is 3. The van der Waals surface area contributed by atoms with E-state index >= 15 is 0 Å². The molecule has 1 aliphatic carbocycles. The summed E-state index contributed by atoms with van der Waals surface area (Å²) in [5.41, 5.74) is 2.74. The number of fused-ring (bicyclic) bond motifs is 1. The van der Waals surface area contributed by atoms with Gasteiger partial charge >= 0.3 is 0 Å². The smallest absolute Gasteiger partial charge is 0.0522 e. The van der Waals surface area contributed by atoms with E-state index in [9.17, 15) is 0 Å². The number of benzene rings is 1. The number of rotatable bonds is 6. The predicted octanol–water partition coefficient (Wildman–Crippen LogP) is 2.90. The molecule has 0 radical (unpaired) electrons. The third kappa shape index (κ3) is 3.26. The zero-order chi connectivity index (χ0) is 16.4. The normalized spacial score (nSPS) is 26.8. The molecule has 1 saturated carbocycles. The first-order chi connectivity index (χ1) is 11.8. The topological polar surface area (TPSA) is 33.1 Å². The molecule has 4 rings (SSSR count). The Kier molecular flexibility index (Phi) is 4.67. The molecular formula is C20H28N4. The zero-order valence-corrected chi connectivity index (χ0v) is 14.6. The van der Waals surface area contributed by atoms with E-state index in [-0.39, 0.29) is 0 Å². The first-order valence-corrected chi connectivity index (χ1v) is 9.34. The maximum atomic E-state index is 4.37. The van der Waals surface area contributed by atoms with Gasteiger partial charge in [0.2, 0.25) is 0 Å². The summed E-state index contributed by atoms with van der Waals surface area (Å²) in [5, 5.41) is 8.20. The first kappa shape index (κ1) is 15.9. The van der Waals surface area contributed by atoms with Crippen LogP contribution in [-0.4, -0.2) is 33.8 Å². The highest BCUT2D eigenvalue weighted by atomic mass is 15.3. The van der Waals surface area contributed by atoms with Crippen molar-refractivity contribution in [2.75, 3.05) is 13.1 Å². The van der Waals surface area contributed by atoms with Gasteiger partial charge in [0.25, 0.3) is 0 Å². The van der Waals surface area contributed by atoms with Gasteiger partial charge in [-0.15, -0.1) is 0 Å². The van der Waals surface area contributed by atoms with Gasteiger partial charge in [-0.05, 0) is 43.2 Å². The second-order valence-electron chi connectivity index (χ2n) is 7.31. The van der Waals surface area contributed by atoms with Crippen molar-refractivity contribution in [1.82, 2.24) is 20.0 Å². The van der Waals surface area contributed by atoms with Crippen molar-refractivity contribution in [3.63, 3.8) is 0 Å². The fourth-order valence-corrected chi connectivity index (χ4v) is 4.61. The molecule has 2 aromatic rings. The average Bonchev–Trinajstić information content (AvgIpc) is 3.29. The standard InChI is InChI=1S/C20H28N4/c1-2-24-18(10-11-22-24)12-21-20-9-8-17-14-23(15-19(17)20)13-16-6-4-3-5-7-16/h3-7,10-11,17,19-21H,2,8-9,12-15H2,1H3/t17-,19+,20+/m1/s1. The van der Waals surface area contributed by atoms with E-state index in [4.69, 9.17) is 0 Å². The lowest BCUT2D eigenvalue weighted by Crippen LogP contribution is -2.35. The van der Waals surface area contributed by atoms with Gasteiger partial charge in [0.15, 0.2) is 0 Å². The van der Waals surface area contributed by atoms with Crippen LogP contribution in [0.5, 0.6) is 0 Å². The van der Waals surface area contributed by atoms with Gasteiger partial charge < -0.3 is 5.32 Å². The van der Waals surface area contributed by atoms with Gasteiger partial charge in [-0.25, -0.2) is 0 Å². The Morgan fingerprint density at radius 1 is 1.12 bits per heavy atom. The molecule has 1 aliphatic heterocycles. The van der Waals surface area contributed by atoms with Crippen LogP contribution < -0.4 is 5.32 Å². The number of nitrogens with zero attached hydrogens (tertiary/aromatic N) is 3. The molecule has 0 spiro atoms.